The Balaban J connectivity index is 2.89. The Morgan fingerprint density at radius 1 is 1.77 bits per heavy atom. The lowest BCUT2D eigenvalue weighted by Crippen LogP contribution is -2.06. The molecule has 13 heavy (non-hydrogen) atoms. The van der Waals surface area contributed by atoms with Crippen LogP contribution in [0, 0.1) is 0 Å². The number of rotatable bonds is 3. The fourth-order valence-electron chi connectivity index (χ4n) is 0.730. The predicted molar refractivity (Wildman–Crippen MR) is 48.2 cm³/mol. The summed E-state index contributed by atoms with van der Waals surface area (Å²) in [7, 11) is 1.24. The van der Waals surface area contributed by atoms with Gasteiger partial charge in [-0.2, -0.15) is 0 Å². The number of thiophene rings is 1. The molecule has 0 radical (unpaired) electrons. The molecule has 1 heterocycles. The van der Waals surface area contributed by atoms with Crippen molar-refractivity contribution < 1.29 is 18.3 Å². The van der Waals surface area contributed by atoms with Gasteiger partial charge < -0.3 is 14.0 Å². The maximum atomic E-state index is 11.0. The number of ether oxygens (including phenoxy) is 1. The van der Waals surface area contributed by atoms with Crippen molar-refractivity contribution >= 4 is 34.3 Å². The number of anilines is 1. The number of hydrogen-bond acceptors (Lipinski definition) is 5. The Labute approximate surface area is 81.1 Å². The quantitative estimate of drug-likeness (QED) is 0.602. The van der Waals surface area contributed by atoms with Crippen molar-refractivity contribution in [2.24, 2.45) is 0 Å². The first-order valence-electron chi connectivity index (χ1n) is 3.17. The third-order valence-corrected chi connectivity index (χ3v) is 2.51. The molecule has 1 N–H and O–H groups in total. The third kappa shape index (κ3) is 2.51. The molecule has 0 fully saturated rings. The van der Waals surface area contributed by atoms with Crippen LogP contribution in [0.3, 0.4) is 0 Å². The summed E-state index contributed by atoms with van der Waals surface area (Å²) in [6, 6.07) is 1.49. The van der Waals surface area contributed by atoms with Crippen molar-refractivity contribution in [1.82, 2.24) is 0 Å². The van der Waals surface area contributed by atoms with E-state index in [1.807, 2.05) is 0 Å². The molecule has 0 bridgehead atoms. The Kier molecular flexibility index (Phi) is 3.40. The molecule has 5 nitrogen and oxygen atoms in total. The Hall–Kier alpha value is -0.920. The molecule has 72 valence electrons. The molecule has 0 spiro atoms. The number of nitrogens with one attached hydrogen (secondary N) is 1. The first kappa shape index (κ1) is 10.2. The van der Waals surface area contributed by atoms with Gasteiger partial charge in [0.2, 0.25) is 0 Å². The van der Waals surface area contributed by atoms with Crippen molar-refractivity contribution in [3.8, 4) is 0 Å². The third-order valence-electron chi connectivity index (χ3n) is 1.23. The molecule has 0 aliphatic rings. The van der Waals surface area contributed by atoms with E-state index in [0.29, 0.717) is 0 Å². The van der Waals surface area contributed by atoms with Gasteiger partial charge in [0.25, 0.3) is 0 Å². The van der Waals surface area contributed by atoms with Crippen molar-refractivity contribution in [1.29, 1.82) is 0 Å². The fraction of sp³-hybridized carbons (Fsp3) is 0.167. The van der Waals surface area contributed by atoms with E-state index < -0.39 is 17.2 Å². The van der Waals surface area contributed by atoms with Gasteiger partial charge in [-0.3, -0.25) is 4.21 Å². The van der Waals surface area contributed by atoms with Crippen molar-refractivity contribution in [2.45, 2.75) is 0 Å². The molecule has 1 aromatic heterocycles. The standard InChI is InChI=1S/C6H7NO4S2/c1-11-6(8)5-4(2-3-12-5)7-13(9)10/h2-3,7H,1H3,(H,9,10)/p-1. The lowest BCUT2D eigenvalue weighted by atomic mass is 10.4. The average Bonchev–Trinajstić information content (AvgIpc) is 2.50. The van der Waals surface area contributed by atoms with Gasteiger partial charge in [-0.25, -0.2) is 4.79 Å². The number of esters is 1. The number of carbonyl (C=O) groups excluding carboxylic acids is 1. The summed E-state index contributed by atoms with van der Waals surface area (Å²) in [5.41, 5.74) is 0.241. The second kappa shape index (κ2) is 4.35. The molecule has 1 atom stereocenters. The van der Waals surface area contributed by atoms with Crippen molar-refractivity contribution in [2.75, 3.05) is 11.8 Å². The zero-order valence-electron chi connectivity index (χ0n) is 6.60. The normalized spacial score (nSPS) is 12.2. The number of hydrogen-bond donors (Lipinski definition) is 1. The summed E-state index contributed by atoms with van der Waals surface area (Å²) in [6.45, 7) is 0. The van der Waals surface area contributed by atoms with E-state index in [1.54, 1.807) is 5.38 Å². The highest BCUT2D eigenvalue weighted by Gasteiger charge is 2.12. The highest BCUT2D eigenvalue weighted by Crippen LogP contribution is 2.23. The fourth-order valence-corrected chi connectivity index (χ4v) is 1.91. The van der Waals surface area contributed by atoms with Gasteiger partial charge in [-0.15, -0.1) is 11.3 Å². The molecule has 7 heteroatoms. The van der Waals surface area contributed by atoms with Crippen LogP contribution in [-0.4, -0.2) is 21.8 Å². The van der Waals surface area contributed by atoms with E-state index in [0.717, 1.165) is 11.3 Å². The minimum absolute atomic E-state index is 0.241. The summed E-state index contributed by atoms with van der Waals surface area (Å²) in [5.74, 6) is -0.553. The summed E-state index contributed by atoms with van der Waals surface area (Å²) < 4.78 is 27.1. The molecule has 1 unspecified atom stereocenters. The minimum atomic E-state index is -2.42. The molecule has 0 amide bonds. The molecule has 0 saturated heterocycles. The topological polar surface area (TPSA) is 78.5 Å². The van der Waals surface area contributed by atoms with Crippen LogP contribution in [-0.2, 0) is 16.0 Å². The minimum Gasteiger partial charge on any atom is -0.755 e. The van der Waals surface area contributed by atoms with Crippen LogP contribution in [0.15, 0.2) is 11.4 Å². The number of carbonyl (C=O) groups is 1. The highest BCUT2D eigenvalue weighted by molar-refractivity contribution is 7.80. The van der Waals surface area contributed by atoms with Gasteiger partial charge in [-0.1, -0.05) is 0 Å². The first-order valence-corrected chi connectivity index (χ1v) is 5.12. The maximum Gasteiger partial charge on any atom is 0.350 e. The lowest BCUT2D eigenvalue weighted by molar-refractivity contribution is 0.0607. The molecule has 0 aliphatic heterocycles. The van der Waals surface area contributed by atoms with E-state index in [4.69, 9.17) is 0 Å². The summed E-state index contributed by atoms with van der Waals surface area (Å²) in [4.78, 5) is 11.3. The van der Waals surface area contributed by atoms with Gasteiger partial charge in [0.1, 0.15) is 4.88 Å². The van der Waals surface area contributed by atoms with Crippen LogP contribution in [0.2, 0.25) is 0 Å². The van der Waals surface area contributed by atoms with Gasteiger partial charge >= 0.3 is 5.97 Å². The van der Waals surface area contributed by atoms with E-state index in [-0.39, 0.29) is 10.6 Å². The number of methoxy groups -OCH3 is 1. The maximum absolute atomic E-state index is 11.0. The van der Waals surface area contributed by atoms with Crippen LogP contribution in [0.5, 0.6) is 0 Å². The zero-order chi connectivity index (χ0) is 9.84. The highest BCUT2D eigenvalue weighted by atomic mass is 32.2. The van der Waals surface area contributed by atoms with Crippen LogP contribution in [0.4, 0.5) is 5.69 Å². The average molecular weight is 220 g/mol. The summed E-state index contributed by atoms with van der Waals surface area (Å²) in [5, 5.41) is 1.60. The van der Waals surface area contributed by atoms with Crippen molar-refractivity contribution in [3.63, 3.8) is 0 Å². The Bertz CT molecular complexity index is 335. The SMILES string of the molecule is COC(=O)c1sccc1NS(=O)[O-]. The summed E-state index contributed by atoms with van der Waals surface area (Å²) in [6.07, 6.45) is 0. The first-order chi connectivity index (χ1) is 6.15. The predicted octanol–water partition coefficient (Wildman–Crippen LogP) is 0.741. The molecular formula is C6H6NO4S2-. The van der Waals surface area contributed by atoms with Crippen LogP contribution in [0.25, 0.3) is 0 Å². The van der Waals surface area contributed by atoms with Crippen molar-refractivity contribution in [3.05, 3.63) is 16.3 Å². The monoisotopic (exact) mass is 220 g/mol. The van der Waals surface area contributed by atoms with E-state index >= 15 is 0 Å². The van der Waals surface area contributed by atoms with E-state index in [1.165, 1.54) is 13.2 Å². The molecule has 1 aromatic rings. The molecule has 0 saturated carbocycles. The van der Waals surface area contributed by atoms with Gasteiger partial charge in [0.15, 0.2) is 0 Å². The van der Waals surface area contributed by atoms with Crippen LogP contribution in [0.1, 0.15) is 9.67 Å². The smallest absolute Gasteiger partial charge is 0.350 e. The second-order valence-electron chi connectivity index (χ2n) is 1.99. The van der Waals surface area contributed by atoms with Gasteiger partial charge in [-0.05, 0) is 11.4 Å². The van der Waals surface area contributed by atoms with Gasteiger partial charge in [0.05, 0.1) is 12.8 Å². The Morgan fingerprint density at radius 2 is 2.46 bits per heavy atom. The van der Waals surface area contributed by atoms with E-state index in [2.05, 4.69) is 9.46 Å². The molecule has 1 rings (SSSR count). The van der Waals surface area contributed by atoms with Gasteiger partial charge in [0, 0.05) is 11.3 Å². The largest absolute Gasteiger partial charge is 0.755 e. The van der Waals surface area contributed by atoms with Crippen LogP contribution < -0.4 is 4.72 Å². The molecule has 0 aliphatic carbocycles. The molecular weight excluding hydrogens is 214 g/mol. The van der Waals surface area contributed by atoms with Crippen LogP contribution >= 0.6 is 11.3 Å². The van der Waals surface area contributed by atoms with E-state index in [9.17, 15) is 13.6 Å². The molecule has 0 aromatic carbocycles. The Morgan fingerprint density at radius 3 is 3.00 bits per heavy atom. The lowest BCUT2D eigenvalue weighted by Gasteiger charge is -2.07. The second-order valence-corrected chi connectivity index (χ2v) is 3.58. The zero-order valence-corrected chi connectivity index (χ0v) is 8.24. The summed E-state index contributed by atoms with van der Waals surface area (Å²) >= 11 is -1.31.